The maximum absolute atomic E-state index is 12.4. The van der Waals surface area contributed by atoms with E-state index in [1.807, 2.05) is 0 Å². The zero-order valence-corrected chi connectivity index (χ0v) is 12.6. The van der Waals surface area contributed by atoms with E-state index in [1.165, 1.54) is 0 Å². The molecule has 2 heterocycles. The predicted molar refractivity (Wildman–Crippen MR) is 71.7 cm³/mol. The summed E-state index contributed by atoms with van der Waals surface area (Å²) in [4.78, 5) is 9.31. The van der Waals surface area contributed by atoms with Crippen molar-refractivity contribution in [1.82, 2.24) is 20.0 Å². The van der Waals surface area contributed by atoms with Gasteiger partial charge in [-0.05, 0) is 7.05 Å². The number of rotatable bonds is 5. The van der Waals surface area contributed by atoms with Crippen LogP contribution in [0, 0.1) is 0 Å². The first-order valence-corrected chi connectivity index (χ1v) is 6.48. The van der Waals surface area contributed by atoms with E-state index < -0.39 is 11.9 Å². The first-order valence-electron chi connectivity index (χ1n) is 5.60. The number of aromatic nitrogens is 3. The Morgan fingerprint density at radius 3 is 2.57 bits per heavy atom. The van der Waals surface area contributed by atoms with Gasteiger partial charge in [0.15, 0.2) is 11.5 Å². The highest BCUT2D eigenvalue weighted by atomic mass is 35.5. The molecule has 21 heavy (non-hydrogen) atoms. The van der Waals surface area contributed by atoms with Gasteiger partial charge in [-0.1, -0.05) is 5.16 Å². The molecule has 0 spiro atoms. The molecule has 0 amide bonds. The Morgan fingerprint density at radius 2 is 2.05 bits per heavy atom. The van der Waals surface area contributed by atoms with Crippen molar-refractivity contribution in [1.29, 1.82) is 0 Å². The number of thiazole rings is 1. The molecule has 0 bridgehead atoms. The van der Waals surface area contributed by atoms with E-state index in [2.05, 4.69) is 15.1 Å². The molecule has 2 N–H and O–H groups in total. The van der Waals surface area contributed by atoms with Crippen molar-refractivity contribution >= 4 is 23.7 Å². The van der Waals surface area contributed by atoms with Gasteiger partial charge in [0.2, 0.25) is 5.89 Å². The number of nitrogens with zero attached hydrogens (tertiary/aromatic N) is 4. The van der Waals surface area contributed by atoms with Crippen LogP contribution in [0.5, 0.6) is 0 Å². The third-order valence-corrected chi connectivity index (χ3v) is 3.18. The van der Waals surface area contributed by atoms with Crippen LogP contribution in [0.1, 0.15) is 22.4 Å². The zero-order chi connectivity index (χ0) is 14.8. The largest absolute Gasteiger partial charge is 0.434 e. The van der Waals surface area contributed by atoms with E-state index in [0.717, 1.165) is 16.7 Å². The van der Waals surface area contributed by atoms with E-state index >= 15 is 0 Å². The molecule has 0 aliphatic carbocycles. The summed E-state index contributed by atoms with van der Waals surface area (Å²) in [7, 11) is 1.73. The molecule has 2 aromatic heterocycles. The second-order valence-electron chi connectivity index (χ2n) is 4.11. The van der Waals surface area contributed by atoms with Crippen LogP contribution >= 0.6 is 23.7 Å². The van der Waals surface area contributed by atoms with Crippen molar-refractivity contribution in [2.75, 3.05) is 7.05 Å². The lowest BCUT2D eigenvalue weighted by molar-refractivity contribution is -0.140. The first kappa shape index (κ1) is 17.8. The van der Waals surface area contributed by atoms with Crippen LogP contribution in [-0.4, -0.2) is 27.1 Å². The molecule has 0 unspecified atom stereocenters. The summed E-state index contributed by atoms with van der Waals surface area (Å²) in [6.45, 7) is 0.760. The van der Waals surface area contributed by atoms with Crippen LogP contribution in [0.25, 0.3) is 0 Å². The molecule has 0 saturated heterocycles. The van der Waals surface area contributed by atoms with Gasteiger partial charge in [0.1, 0.15) is 5.01 Å². The summed E-state index contributed by atoms with van der Waals surface area (Å²) >= 11 is 0.968. The molecule has 0 radical (unpaired) electrons. The molecule has 6 nitrogen and oxygen atoms in total. The molecule has 0 atom stereocenters. The van der Waals surface area contributed by atoms with Gasteiger partial charge in [-0.3, -0.25) is 4.90 Å². The smallest absolute Gasteiger partial charge is 0.338 e. The summed E-state index contributed by atoms with van der Waals surface area (Å²) in [5.74, 6) is 0.752. The Bertz CT molecular complexity index is 573. The molecule has 11 heteroatoms. The van der Waals surface area contributed by atoms with Crippen molar-refractivity contribution in [3.63, 3.8) is 0 Å². The summed E-state index contributed by atoms with van der Waals surface area (Å²) < 4.78 is 42.1. The Morgan fingerprint density at radius 1 is 1.33 bits per heavy atom. The lowest BCUT2D eigenvalue weighted by Crippen LogP contribution is -2.18. The topological polar surface area (TPSA) is 81.1 Å². The average Bonchev–Trinajstić information content (AvgIpc) is 2.97. The van der Waals surface area contributed by atoms with Crippen LogP contribution in [0.3, 0.4) is 0 Å². The first-order chi connectivity index (χ1) is 9.38. The highest BCUT2D eigenvalue weighted by Crippen LogP contribution is 2.30. The number of hydrogen-bond acceptors (Lipinski definition) is 7. The third-order valence-electron chi connectivity index (χ3n) is 2.34. The van der Waals surface area contributed by atoms with E-state index in [-0.39, 0.29) is 25.5 Å². The molecule has 0 saturated carbocycles. The molecule has 2 aromatic rings. The molecule has 2 rings (SSSR count). The zero-order valence-electron chi connectivity index (χ0n) is 10.9. The minimum absolute atomic E-state index is 0. The molecule has 0 aliphatic heterocycles. The summed E-state index contributed by atoms with van der Waals surface area (Å²) in [5.41, 5.74) is 4.47. The van der Waals surface area contributed by atoms with Gasteiger partial charge >= 0.3 is 6.18 Å². The molecular formula is C10H13ClF3N5OS. The van der Waals surface area contributed by atoms with E-state index in [4.69, 9.17) is 10.3 Å². The molecule has 0 fully saturated rings. The fourth-order valence-electron chi connectivity index (χ4n) is 1.48. The summed E-state index contributed by atoms with van der Waals surface area (Å²) in [6.07, 6.45) is -4.41. The van der Waals surface area contributed by atoms with Crippen LogP contribution in [-0.2, 0) is 25.8 Å². The quantitative estimate of drug-likeness (QED) is 0.895. The highest BCUT2D eigenvalue weighted by Gasteiger charge is 2.33. The Labute approximate surface area is 128 Å². The van der Waals surface area contributed by atoms with E-state index in [9.17, 15) is 13.2 Å². The molecule has 0 aliphatic rings. The maximum atomic E-state index is 12.4. The predicted octanol–water partition coefficient (Wildman–Crippen LogP) is 2.06. The van der Waals surface area contributed by atoms with Crippen LogP contribution in [0.4, 0.5) is 13.2 Å². The normalized spacial score (nSPS) is 11.7. The monoisotopic (exact) mass is 343 g/mol. The number of hydrogen-bond donors (Lipinski definition) is 1. The molecule has 118 valence electrons. The van der Waals surface area contributed by atoms with Gasteiger partial charge < -0.3 is 10.3 Å². The van der Waals surface area contributed by atoms with Crippen molar-refractivity contribution in [2.24, 2.45) is 5.73 Å². The minimum atomic E-state index is -4.41. The third kappa shape index (κ3) is 4.92. The second-order valence-corrected chi connectivity index (χ2v) is 5.05. The van der Waals surface area contributed by atoms with Crippen LogP contribution in [0.2, 0.25) is 0 Å². The van der Waals surface area contributed by atoms with Gasteiger partial charge in [-0.25, -0.2) is 4.98 Å². The lowest BCUT2D eigenvalue weighted by atomic mass is 10.4. The van der Waals surface area contributed by atoms with Gasteiger partial charge in [0.25, 0.3) is 0 Å². The average molecular weight is 344 g/mol. The number of halogens is 4. The van der Waals surface area contributed by atoms with Gasteiger partial charge in [0, 0.05) is 5.38 Å². The number of nitrogens with two attached hydrogens (primary N) is 1. The molecular weight excluding hydrogens is 331 g/mol. The van der Waals surface area contributed by atoms with E-state index in [1.54, 1.807) is 11.9 Å². The standard InChI is InChI=1S/C10H12F3N5OS.ClH/c1-18(3-7-16-8(2-14)19-17-7)4-9-15-6(5-20-9)10(11,12)13;/h5H,2-4,14H2,1H3;1H. The number of alkyl halides is 3. The molecule has 0 aromatic carbocycles. The second kappa shape index (κ2) is 7.16. The van der Waals surface area contributed by atoms with Crippen molar-refractivity contribution in [2.45, 2.75) is 25.8 Å². The van der Waals surface area contributed by atoms with Crippen molar-refractivity contribution in [3.05, 3.63) is 27.8 Å². The Hall–Kier alpha value is -1.23. The van der Waals surface area contributed by atoms with Crippen LogP contribution in [0.15, 0.2) is 9.90 Å². The SMILES string of the molecule is CN(Cc1noc(CN)n1)Cc1nc(C(F)(F)F)cs1.Cl. The van der Waals surface area contributed by atoms with Crippen molar-refractivity contribution in [3.8, 4) is 0 Å². The van der Waals surface area contributed by atoms with Crippen LogP contribution < -0.4 is 5.73 Å². The van der Waals surface area contributed by atoms with Crippen molar-refractivity contribution < 1.29 is 17.7 Å². The summed E-state index contributed by atoms with van der Waals surface area (Å²) in [6, 6.07) is 0. The Kier molecular flexibility index (Phi) is 6.08. The fraction of sp³-hybridized carbons (Fsp3) is 0.500. The Balaban J connectivity index is 0.00000220. The van der Waals surface area contributed by atoms with Gasteiger partial charge in [0.05, 0.1) is 19.6 Å². The minimum Gasteiger partial charge on any atom is -0.338 e. The van der Waals surface area contributed by atoms with Gasteiger partial charge in [-0.2, -0.15) is 18.2 Å². The summed E-state index contributed by atoms with van der Waals surface area (Å²) in [5, 5.41) is 5.09. The highest BCUT2D eigenvalue weighted by molar-refractivity contribution is 7.09. The van der Waals surface area contributed by atoms with Gasteiger partial charge in [-0.15, -0.1) is 23.7 Å². The lowest BCUT2D eigenvalue weighted by Gasteiger charge is -2.11. The van der Waals surface area contributed by atoms with E-state index in [0.29, 0.717) is 23.3 Å². The fourth-order valence-corrected chi connectivity index (χ4v) is 2.36. The maximum Gasteiger partial charge on any atom is 0.434 e.